The molecule has 3 nitrogen and oxygen atoms in total. The molecule has 0 saturated carbocycles. The zero-order valence-electron chi connectivity index (χ0n) is 9.96. The van der Waals surface area contributed by atoms with Crippen molar-refractivity contribution in [2.75, 3.05) is 0 Å². The van der Waals surface area contributed by atoms with Crippen molar-refractivity contribution in [2.45, 2.75) is 0 Å². The van der Waals surface area contributed by atoms with Crippen LogP contribution in [-0.2, 0) is 7.05 Å². The summed E-state index contributed by atoms with van der Waals surface area (Å²) < 4.78 is 2.03. The van der Waals surface area contributed by atoms with Crippen LogP contribution < -0.4 is 0 Å². The number of nitrogens with zero attached hydrogens (tertiary/aromatic N) is 3. The fourth-order valence-corrected chi connectivity index (χ4v) is 2.45. The average molecular weight is 233 g/mol. The molecule has 2 aromatic heterocycles. The number of para-hydroxylation sites is 1. The smallest absolute Gasteiger partial charge is 0.0978 e. The van der Waals surface area contributed by atoms with E-state index in [0.29, 0.717) is 0 Å². The SMILES string of the molecule is Cn1cnc2c3cc4ccccc4nc3ccc21. The van der Waals surface area contributed by atoms with Gasteiger partial charge in [-0.15, -0.1) is 0 Å². The Morgan fingerprint density at radius 1 is 1.00 bits per heavy atom. The second-order valence-electron chi connectivity index (χ2n) is 4.54. The number of hydrogen-bond donors (Lipinski definition) is 0. The third-order valence-corrected chi connectivity index (χ3v) is 3.39. The molecule has 0 radical (unpaired) electrons. The van der Waals surface area contributed by atoms with Crippen LogP contribution in [0.15, 0.2) is 48.8 Å². The zero-order chi connectivity index (χ0) is 12.1. The first-order valence-corrected chi connectivity index (χ1v) is 5.92. The zero-order valence-corrected chi connectivity index (χ0v) is 9.96. The Kier molecular flexibility index (Phi) is 1.75. The molecule has 86 valence electrons. The van der Waals surface area contributed by atoms with E-state index in [-0.39, 0.29) is 0 Å². The van der Waals surface area contributed by atoms with Gasteiger partial charge in [0.15, 0.2) is 0 Å². The molecular formula is C15H11N3. The fraction of sp³-hybridized carbons (Fsp3) is 0.0667. The molecule has 3 heteroatoms. The lowest BCUT2D eigenvalue weighted by Crippen LogP contribution is -1.86. The van der Waals surface area contributed by atoms with Crippen LogP contribution in [0.5, 0.6) is 0 Å². The quantitative estimate of drug-likeness (QED) is 0.436. The molecule has 0 aliphatic carbocycles. The average Bonchev–Trinajstić information content (AvgIpc) is 2.78. The van der Waals surface area contributed by atoms with Crippen molar-refractivity contribution in [1.82, 2.24) is 14.5 Å². The van der Waals surface area contributed by atoms with E-state index in [1.807, 2.05) is 36.1 Å². The summed E-state index contributed by atoms with van der Waals surface area (Å²) in [5.74, 6) is 0. The molecule has 4 aromatic rings. The predicted molar refractivity (Wildman–Crippen MR) is 73.5 cm³/mol. The van der Waals surface area contributed by atoms with Crippen molar-refractivity contribution in [1.29, 1.82) is 0 Å². The summed E-state index contributed by atoms with van der Waals surface area (Å²) in [5.41, 5.74) is 4.19. The number of pyridine rings is 1. The van der Waals surface area contributed by atoms with Gasteiger partial charge in [-0.1, -0.05) is 18.2 Å². The molecular weight excluding hydrogens is 222 g/mol. The fourth-order valence-electron chi connectivity index (χ4n) is 2.45. The van der Waals surface area contributed by atoms with Crippen molar-refractivity contribution in [3.63, 3.8) is 0 Å². The van der Waals surface area contributed by atoms with Gasteiger partial charge in [0.1, 0.15) is 0 Å². The van der Waals surface area contributed by atoms with Crippen LogP contribution in [0.4, 0.5) is 0 Å². The third kappa shape index (κ3) is 1.19. The number of aromatic nitrogens is 3. The van der Waals surface area contributed by atoms with Gasteiger partial charge in [0.05, 0.1) is 28.4 Å². The highest BCUT2D eigenvalue weighted by molar-refractivity contribution is 6.06. The van der Waals surface area contributed by atoms with Crippen LogP contribution in [0, 0.1) is 0 Å². The van der Waals surface area contributed by atoms with Crippen molar-refractivity contribution >= 4 is 32.8 Å². The highest BCUT2D eigenvalue weighted by Gasteiger charge is 2.06. The van der Waals surface area contributed by atoms with E-state index in [1.54, 1.807) is 0 Å². The van der Waals surface area contributed by atoms with Crippen LogP contribution >= 0.6 is 0 Å². The Labute approximate surface area is 104 Å². The molecule has 2 heterocycles. The molecule has 0 N–H and O–H groups in total. The summed E-state index contributed by atoms with van der Waals surface area (Å²) in [6, 6.07) is 14.5. The van der Waals surface area contributed by atoms with Crippen LogP contribution in [0.1, 0.15) is 0 Å². The molecule has 2 aromatic carbocycles. The van der Waals surface area contributed by atoms with Gasteiger partial charge in [-0.25, -0.2) is 9.97 Å². The molecule has 0 unspecified atom stereocenters. The van der Waals surface area contributed by atoms with Crippen molar-refractivity contribution in [3.8, 4) is 0 Å². The molecule has 0 aliphatic rings. The van der Waals surface area contributed by atoms with Crippen LogP contribution in [0.25, 0.3) is 32.8 Å². The minimum Gasteiger partial charge on any atom is -0.334 e. The van der Waals surface area contributed by atoms with E-state index in [1.165, 1.54) is 0 Å². The van der Waals surface area contributed by atoms with Gasteiger partial charge in [0.25, 0.3) is 0 Å². The molecule has 0 bridgehead atoms. The van der Waals surface area contributed by atoms with Gasteiger partial charge in [-0.05, 0) is 24.3 Å². The molecule has 0 atom stereocenters. The Hall–Kier alpha value is -2.42. The molecule has 0 amide bonds. The summed E-state index contributed by atoms with van der Waals surface area (Å²) in [7, 11) is 2.01. The maximum atomic E-state index is 4.69. The van der Waals surface area contributed by atoms with E-state index in [2.05, 4.69) is 34.2 Å². The first-order valence-electron chi connectivity index (χ1n) is 5.92. The Bertz CT molecular complexity index is 890. The maximum absolute atomic E-state index is 4.69. The molecule has 0 spiro atoms. The largest absolute Gasteiger partial charge is 0.334 e. The Balaban J connectivity index is 2.26. The standard InChI is InChI=1S/C15H11N3/c1-18-9-16-15-11-8-10-4-2-3-5-12(10)17-13(11)6-7-14(15)18/h2-9H,1H3. The van der Waals surface area contributed by atoms with Gasteiger partial charge >= 0.3 is 0 Å². The number of rotatable bonds is 0. The maximum Gasteiger partial charge on any atom is 0.0978 e. The van der Waals surface area contributed by atoms with Gasteiger partial charge < -0.3 is 4.57 Å². The summed E-state index contributed by atoms with van der Waals surface area (Å²) in [4.78, 5) is 9.16. The van der Waals surface area contributed by atoms with E-state index in [4.69, 9.17) is 0 Å². The lowest BCUT2D eigenvalue weighted by atomic mass is 10.1. The van der Waals surface area contributed by atoms with Crippen LogP contribution in [0.3, 0.4) is 0 Å². The Morgan fingerprint density at radius 3 is 2.83 bits per heavy atom. The van der Waals surface area contributed by atoms with Crippen LogP contribution in [-0.4, -0.2) is 14.5 Å². The monoisotopic (exact) mass is 233 g/mol. The molecule has 0 saturated heterocycles. The normalized spacial score (nSPS) is 11.6. The number of hydrogen-bond acceptors (Lipinski definition) is 2. The summed E-state index contributed by atoms with van der Waals surface area (Å²) in [6.07, 6.45) is 1.85. The number of imidazole rings is 1. The lowest BCUT2D eigenvalue weighted by molar-refractivity contribution is 0.948. The molecule has 18 heavy (non-hydrogen) atoms. The lowest BCUT2D eigenvalue weighted by Gasteiger charge is -2.02. The summed E-state index contributed by atoms with van der Waals surface area (Å²) >= 11 is 0. The van der Waals surface area contributed by atoms with E-state index >= 15 is 0 Å². The topological polar surface area (TPSA) is 30.7 Å². The van der Waals surface area contributed by atoms with Crippen molar-refractivity contribution < 1.29 is 0 Å². The molecule has 4 rings (SSSR count). The second-order valence-corrected chi connectivity index (χ2v) is 4.54. The van der Waals surface area contributed by atoms with Gasteiger partial charge in [0.2, 0.25) is 0 Å². The highest BCUT2D eigenvalue weighted by atomic mass is 15.0. The summed E-state index contributed by atoms with van der Waals surface area (Å²) in [5, 5.41) is 2.27. The van der Waals surface area contributed by atoms with E-state index in [9.17, 15) is 0 Å². The highest BCUT2D eigenvalue weighted by Crippen LogP contribution is 2.25. The number of fused-ring (bicyclic) bond motifs is 4. The molecule has 0 aliphatic heterocycles. The predicted octanol–water partition coefficient (Wildman–Crippen LogP) is 3.27. The van der Waals surface area contributed by atoms with Gasteiger partial charge in [0, 0.05) is 17.8 Å². The number of aryl methyl sites for hydroxylation is 1. The first kappa shape index (κ1) is 9.59. The van der Waals surface area contributed by atoms with Gasteiger partial charge in [-0.3, -0.25) is 0 Å². The number of benzene rings is 2. The van der Waals surface area contributed by atoms with E-state index < -0.39 is 0 Å². The minimum atomic E-state index is 1.000. The van der Waals surface area contributed by atoms with Gasteiger partial charge in [-0.2, -0.15) is 0 Å². The minimum absolute atomic E-state index is 1.000. The van der Waals surface area contributed by atoms with Crippen molar-refractivity contribution in [2.24, 2.45) is 7.05 Å². The third-order valence-electron chi connectivity index (χ3n) is 3.39. The molecule has 0 fully saturated rings. The van der Waals surface area contributed by atoms with Crippen LogP contribution in [0.2, 0.25) is 0 Å². The van der Waals surface area contributed by atoms with Crippen molar-refractivity contribution in [3.05, 3.63) is 48.8 Å². The van der Waals surface area contributed by atoms with E-state index in [0.717, 1.165) is 32.8 Å². The first-order chi connectivity index (χ1) is 8.83. The second kappa shape index (κ2) is 3.29. The Morgan fingerprint density at radius 2 is 1.89 bits per heavy atom. The summed E-state index contributed by atoms with van der Waals surface area (Å²) in [6.45, 7) is 0.